The minimum atomic E-state index is -0.382. The second-order valence-electron chi connectivity index (χ2n) is 9.49. The van der Waals surface area contributed by atoms with E-state index in [0.29, 0.717) is 41.8 Å². The molecule has 0 amide bonds. The van der Waals surface area contributed by atoms with Crippen LogP contribution in [0.5, 0.6) is 0 Å². The van der Waals surface area contributed by atoms with E-state index >= 15 is 0 Å². The molecular formula is C24H30O3. The molecule has 0 aromatic carbocycles. The van der Waals surface area contributed by atoms with Gasteiger partial charge in [0.1, 0.15) is 11.4 Å². The van der Waals surface area contributed by atoms with Gasteiger partial charge < -0.3 is 4.74 Å². The van der Waals surface area contributed by atoms with Crippen molar-refractivity contribution in [2.24, 2.45) is 35.0 Å². The zero-order chi connectivity index (χ0) is 18.8. The maximum Gasteiger partial charge on any atom is 0.331 e. The number of hydrogen-bond acceptors (Lipinski definition) is 3. The van der Waals surface area contributed by atoms with Gasteiger partial charge in [0.2, 0.25) is 0 Å². The zero-order valence-corrected chi connectivity index (χ0v) is 16.3. The van der Waals surface area contributed by atoms with Crippen molar-refractivity contribution in [1.82, 2.24) is 0 Å². The van der Waals surface area contributed by atoms with Gasteiger partial charge in [-0.3, -0.25) is 4.79 Å². The summed E-state index contributed by atoms with van der Waals surface area (Å²) in [4.78, 5) is 24.0. The Hall–Kier alpha value is -1.64. The molecule has 0 bridgehead atoms. The van der Waals surface area contributed by atoms with E-state index in [9.17, 15) is 9.59 Å². The first-order valence-electron chi connectivity index (χ1n) is 10.8. The Morgan fingerprint density at radius 1 is 1.26 bits per heavy atom. The average molecular weight is 367 g/mol. The fourth-order valence-electron chi connectivity index (χ4n) is 7.90. The van der Waals surface area contributed by atoms with Crippen molar-refractivity contribution in [3.63, 3.8) is 0 Å². The number of rotatable bonds is 2. The number of hydrogen-bond donors (Lipinski definition) is 0. The summed E-state index contributed by atoms with van der Waals surface area (Å²) in [5.74, 6) is 2.96. The van der Waals surface area contributed by atoms with Crippen LogP contribution in [0, 0.1) is 35.0 Å². The largest absolute Gasteiger partial charge is 0.451 e. The molecule has 0 N–H and O–H groups in total. The zero-order valence-electron chi connectivity index (χ0n) is 16.3. The molecule has 0 saturated heterocycles. The number of ether oxygens (including phenoxy) is 1. The van der Waals surface area contributed by atoms with Crippen LogP contribution in [0.4, 0.5) is 0 Å². The van der Waals surface area contributed by atoms with Crippen molar-refractivity contribution in [3.8, 4) is 0 Å². The minimum absolute atomic E-state index is 0.0634. The molecule has 3 nitrogen and oxygen atoms in total. The number of esters is 1. The van der Waals surface area contributed by atoms with Gasteiger partial charge in [-0.05, 0) is 74.2 Å². The summed E-state index contributed by atoms with van der Waals surface area (Å²) in [5.41, 5.74) is 1.07. The van der Waals surface area contributed by atoms with E-state index in [2.05, 4.69) is 31.7 Å². The summed E-state index contributed by atoms with van der Waals surface area (Å²) >= 11 is 0. The SMILES string of the molecule is C=CC1C=C2CC(=O)CC[C@@H]2C2CC[C@@]3(CC)C(CC[C@@]34C=CC(=O)O4)C12. The summed E-state index contributed by atoms with van der Waals surface area (Å²) in [6, 6.07) is 0. The molecule has 144 valence electrons. The highest BCUT2D eigenvalue weighted by Gasteiger charge is 2.66. The highest BCUT2D eigenvalue weighted by molar-refractivity contribution is 5.85. The third kappa shape index (κ3) is 2.20. The van der Waals surface area contributed by atoms with Gasteiger partial charge in [-0.2, -0.15) is 0 Å². The lowest BCUT2D eigenvalue weighted by Gasteiger charge is -2.57. The molecule has 1 heterocycles. The van der Waals surface area contributed by atoms with E-state index in [-0.39, 0.29) is 17.0 Å². The van der Waals surface area contributed by atoms with Gasteiger partial charge in [0, 0.05) is 24.3 Å². The summed E-state index contributed by atoms with van der Waals surface area (Å²) in [6.07, 6.45) is 16.2. The van der Waals surface area contributed by atoms with Crippen molar-refractivity contribution in [3.05, 3.63) is 36.5 Å². The van der Waals surface area contributed by atoms with Gasteiger partial charge in [0.05, 0.1) is 0 Å². The Labute approximate surface area is 161 Å². The molecule has 4 aliphatic carbocycles. The summed E-state index contributed by atoms with van der Waals surface area (Å²) in [6.45, 7) is 6.45. The van der Waals surface area contributed by atoms with Crippen molar-refractivity contribution in [2.75, 3.05) is 0 Å². The second kappa shape index (κ2) is 5.93. The summed E-state index contributed by atoms with van der Waals surface area (Å²) in [5, 5.41) is 0. The summed E-state index contributed by atoms with van der Waals surface area (Å²) in [7, 11) is 0. The smallest absolute Gasteiger partial charge is 0.331 e. The molecule has 4 unspecified atom stereocenters. The molecule has 5 rings (SSSR count). The topological polar surface area (TPSA) is 43.4 Å². The lowest BCUT2D eigenvalue weighted by atomic mass is 9.48. The van der Waals surface area contributed by atoms with Crippen molar-refractivity contribution in [2.45, 2.75) is 63.9 Å². The number of carbonyl (C=O) groups excluding carboxylic acids is 2. The first kappa shape index (κ1) is 17.5. The van der Waals surface area contributed by atoms with Crippen molar-refractivity contribution < 1.29 is 14.3 Å². The van der Waals surface area contributed by atoms with Gasteiger partial charge in [0.25, 0.3) is 0 Å². The molecule has 0 aromatic heterocycles. The van der Waals surface area contributed by atoms with Crippen molar-refractivity contribution >= 4 is 11.8 Å². The van der Waals surface area contributed by atoms with E-state index in [1.165, 1.54) is 12.0 Å². The van der Waals surface area contributed by atoms with Crippen LogP contribution < -0.4 is 0 Å². The van der Waals surface area contributed by atoms with E-state index in [1.54, 1.807) is 6.08 Å². The average Bonchev–Trinajstić information content (AvgIpc) is 3.21. The molecule has 0 radical (unpaired) electrons. The van der Waals surface area contributed by atoms with Gasteiger partial charge in [-0.25, -0.2) is 4.79 Å². The standard InChI is InChI=1S/C24H30O3/c1-3-15-13-16-14-17(25)5-6-18(16)19-7-10-23(4-2)20(22(15)19)8-11-24(23)12-9-21(26)27-24/h3,9,12-13,15,18-20,22H,1,4-8,10-11,14H2,2H3/t15?,18-,19?,20?,22?,23-,24+/m0/s1. The molecule has 7 atom stereocenters. The maximum atomic E-state index is 12.0. The van der Waals surface area contributed by atoms with Gasteiger partial charge in [-0.1, -0.05) is 24.6 Å². The molecule has 3 saturated carbocycles. The maximum absolute atomic E-state index is 12.0. The molecular weight excluding hydrogens is 336 g/mol. The molecule has 3 heteroatoms. The normalized spacial score (nSPS) is 47.9. The Morgan fingerprint density at radius 2 is 2.11 bits per heavy atom. The minimum Gasteiger partial charge on any atom is -0.451 e. The Bertz CT molecular complexity index is 762. The second-order valence-corrected chi connectivity index (χ2v) is 9.49. The van der Waals surface area contributed by atoms with Crippen LogP contribution in [0.2, 0.25) is 0 Å². The van der Waals surface area contributed by atoms with Crippen LogP contribution in [0.15, 0.2) is 36.5 Å². The van der Waals surface area contributed by atoms with Gasteiger partial charge in [0.15, 0.2) is 0 Å². The lowest BCUT2D eigenvalue weighted by molar-refractivity contribution is -0.164. The Balaban J connectivity index is 1.56. The highest BCUT2D eigenvalue weighted by Crippen LogP contribution is 2.68. The van der Waals surface area contributed by atoms with Crippen LogP contribution in [0.25, 0.3) is 0 Å². The number of ketones is 1. The van der Waals surface area contributed by atoms with Crippen LogP contribution in [-0.4, -0.2) is 17.4 Å². The Morgan fingerprint density at radius 3 is 2.81 bits per heavy atom. The van der Waals surface area contributed by atoms with E-state index in [1.807, 2.05) is 0 Å². The van der Waals surface area contributed by atoms with Crippen LogP contribution in [-0.2, 0) is 14.3 Å². The summed E-state index contributed by atoms with van der Waals surface area (Å²) < 4.78 is 6.01. The van der Waals surface area contributed by atoms with E-state index < -0.39 is 0 Å². The van der Waals surface area contributed by atoms with Crippen LogP contribution in [0.1, 0.15) is 58.3 Å². The van der Waals surface area contributed by atoms with Gasteiger partial charge >= 0.3 is 5.97 Å². The lowest BCUT2D eigenvalue weighted by Crippen LogP contribution is -2.55. The molecule has 1 spiro atoms. The molecule has 27 heavy (non-hydrogen) atoms. The fraction of sp³-hybridized carbons (Fsp3) is 0.667. The molecule has 0 aromatic rings. The Kier molecular flexibility index (Phi) is 3.83. The third-order valence-electron chi connectivity index (χ3n) is 8.92. The van der Waals surface area contributed by atoms with E-state index in [0.717, 1.165) is 38.5 Å². The molecule has 5 aliphatic rings. The predicted octanol–water partition coefficient (Wildman–Crippen LogP) is 4.78. The monoisotopic (exact) mass is 366 g/mol. The van der Waals surface area contributed by atoms with Crippen LogP contribution in [0.3, 0.4) is 0 Å². The van der Waals surface area contributed by atoms with E-state index in [4.69, 9.17) is 4.74 Å². The quantitative estimate of drug-likeness (QED) is 0.522. The number of Topliss-reactive ketones (excluding diaryl/α,β-unsaturated/α-hetero) is 1. The number of allylic oxidation sites excluding steroid dienone is 3. The first-order chi connectivity index (χ1) is 13.0. The number of fused-ring (bicyclic) bond motifs is 6. The highest BCUT2D eigenvalue weighted by atomic mass is 16.6. The molecule has 3 fully saturated rings. The fourth-order valence-corrected chi connectivity index (χ4v) is 7.90. The third-order valence-corrected chi connectivity index (χ3v) is 8.92. The van der Waals surface area contributed by atoms with Crippen molar-refractivity contribution in [1.29, 1.82) is 0 Å². The molecule has 1 aliphatic heterocycles. The number of carbonyl (C=O) groups is 2. The first-order valence-corrected chi connectivity index (χ1v) is 10.8. The predicted molar refractivity (Wildman–Crippen MR) is 104 cm³/mol. The van der Waals surface area contributed by atoms with Crippen LogP contribution >= 0.6 is 0 Å². The van der Waals surface area contributed by atoms with Gasteiger partial charge in [-0.15, -0.1) is 6.58 Å².